The van der Waals surface area contributed by atoms with E-state index in [1.54, 1.807) is 0 Å². The zero-order valence-electron chi connectivity index (χ0n) is 11.3. The predicted octanol–water partition coefficient (Wildman–Crippen LogP) is 3.81. The third-order valence-corrected chi connectivity index (χ3v) is 3.31. The van der Waals surface area contributed by atoms with Gasteiger partial charge in [-0.05, 0) is 18.2 Å². The molecule has 1 aromatic carbocycles. The summed E-state index contributed by atoms with van der Waals surface area (Å²) in [4.78, 5) is 23.7. The molecule has 0 radical (unpaired) electrons. The van der Waals surface area contributed by atoms with Crippen molar-refractivity contribution >= 4 is 34.8 Å². The maximum absolute atomic E-state index is 12.9. The number of alkyl halides is 3. The lowest BCUT2D eigenvalue weighted by Gasteiger charge is -2.14. The number of carbonyl (C=O) groups is 1. The van der Waals surface area contributed by atoms with E-state index in [0.717, 1.165) is 16.7 Å². The molecule has 0 fully saturated rings. The Hall–Kier alpha value is -1.99. The summed E-state index contributed by atoms with van der Waals surface area (Å²) in [6.45, 7) is -0.523. The topological polar surface area (TPSA) is 51.1 Å². The Morgan fingerprint density at radius 3 is 2.52 bits per heavy atom. The molecule has 1 heterocycles. The molecule has 0 aliphatic heterocycles. The molecule has 9 heteroatoms. The summed E-state index contributed by atoms with van der Waals surface area (Å²) in [5.41, 5.74) is -2.05. The second-order valence-electron chi connectivity index (χ2n) is 4.53. The van der Waals surface area contributed by atoms with E-state index >= 15 is 0 Å². The number of halogens is 5. The SMILES string of the molecule is O=C(Cn1cc(Cl)cc(Cl)c1=O)Nc1ccccc1C(F)(F)F. The molecule has 0 saturated carbocycles. The highest BCUT2D eigenvalue weighted by Gasteiger charge is 2.33. The summed E-state index contributed by atoms with van der Waals surface area (Å²) >= 11 is 11.4. The van der Waals surface area contributed by atoms with Gasteiger partial charge in [-0.1, -0.05) is 35.3 Å². The molecule has 0 aliphatic carbocycles. The minimum Gasteiger partial charge on any atom is -0.324 e. The molecule has 0 saturated heterocycles. The van der Waals surface area contributed by atoms with Gasteiger partial charge in [0.05, 0.1) is 16.3 Å². The summed E-state index contributed by atoms with van der Waals surface area (Å²) in [5.74, 6) is -0.817. The molecule has 2 aromatic rings. The lowest BCUT2D eigenvalue weighted by molar-refractivity contribution is -0.137. The number of pyridine rings is 1. The van der Waals surface area contributed by atoms with Crippen LogP contribution in [-0.4, -0.2) is 10.5 Å². The summed E-state index contributed by atoms with van der Waals surface area (Å²) in [7, 11) is 0. The van der Waals surface area contributed by atoms with Crippen molar-refractivity contribution in [3.63, 3.8) is 0 Å². The largest absolute Gasteiger partial charge is 0.418 e. The number of hydrogen-bond acceptors (Lipinski definition) is 2. The van der Waals surface area contributed by atoms with Crippen molar-refractivity contribution in [2.45, 2.75) is 12.7 Å². The average Bonchev–Trinajstić information content (AvgIpc) is 2.43. The molecular formula is C14H9Cl2F3N2O2. The maximum Gasteiger partial charge on any atom is 0.418 e. The molecule has 0 atom stereocenters. The van der Waals surface area contributed by atoms with Crippen molar-refractivity contribution in [3.05, 3.63) is 62.5 Å². The van der Waals surface area contributed by atoms with Crippen LogP contribution >= 0.6 is 23.2 Å². The van der Waals surface area contributed by atoms with Gasteiger partial charge < -0.3 is 9.88 Å². The van der Waals surface area contributed by atoms with Crippen molar-refractivity contribution in [3.8, 4) is 0 Å². The Labute approximate surface area is 138 Å². The van der Waals surface area contributed by atoms with Crippen molar-refractivity contribution in [2.24, 2.45) is 0 Å². The van der Waals surface area contributed by atoms with Gasteiger partial charge in [0.15, 0.2) is 0 Å². The molecule has 4 nitrogen and oxygen atoms in total. The van der Waals surface area contributed by atoms with Crippen molar-refractivity contribution in [1.29, 1.82) is 0 Å². The fourth-order valence-electron chi connectivity index (χ4n) is 1.87. The van der Waals surface area contributed by atoms with E-state index in [0.29, 0.717) is 0 Å². The van der Waals surface area contributed by atoms with Gasteiger partial charge in [-0.25, -0.2) is 0 Å². The Morgan fingerprint density at radius 1 is 1.22 bits per heavy atom. The summed E-state index contributed by atoms with van der Waals surface area (Å²) in [6.07, 6.45) is -3.44. The normalized spacial score (nSPS) is 11.3. The molecule has 0 spiro atoms. The molecule has 23 heavy (non-hydrogen) atoms. The highest BCUT2D eigenvalue weighted by molar-refractivity contribution is 6.34. The van der Waals surface area contributed by atoms with Gasteiger partial charge in [-0.3, -0.25) is 9.59 Å². The summed E-state index contributed by atoms with van der Waals surface area (Å²) < 4.78 is 39.5. The predicted molar refractivity (Wildman–Crippen MR) is 80.8 cm³/mol. The first-order valence-corrected chi connectivity index (χ1v) is 6.95. The molecule has 0 bridgehead atoms. The third-order valence-electron chi connectivity index (χ3n) is 2.83. The van der Waals surface area contributed by atoms with E-state index in [1.165, 1.54) is 24.4 Å². The van der Waals surface area contributed by atoms with Gasteiger partial charge in [-0.15, -0.1) is 0 Å². The van der Waals surface area contributed by atoms with Crippen molar-refractivity contribution in [2.75, 3.05) is 5.32 Å². The number of rotatable bonds is 3. The number of aromatic nitrogens is 1. The first-order valence-electron chi connectivity index (χ1n) is 6.20. The van der Waals surface area contributed by atoms with Crippen LogP contribution in [0.15, 0.2) is 41.3 Å². The number of carbonyl (C=O) groups excluding carboxylic acids is 1. The van der Waals surface area contributed by atoms with E-state index in [9.17, 15) is 22.8 Å². The van der Waals surface area contributed by atoms with Crippen LogP contribution in [-0.2, 0) is 17.5 Å². The number of nitrogens with zero attached hydrogens (tertiary/aromatic N) is 1. The standard InChI is InChI=1S/C14H9Cl2F3N2O2/c15-8-5-10(16)13(23)21(6-8)7-12(22)20-11-4-2-1-3-9(11)14(17,18)19/h1-6H,7H2,(H,20,22). The van der Waals surface area contributed by atoms with Crippen LogP contribution in [0.4, 0.5) is 18.9 Å². The average molecular weight is 365 g/mol. The zero-order valence-corrected chi connectivity index (χ0v) is 12.8. The lowest BCUT2D eigenvalue weighted by atomic mass is 10.1. The summed E-state index contributed by atoms with van der Waals surface area (Å²) in [5, 5.41) is 2.06. The molecule has 2 rings (SSSR count). The van der Waals surface area contributed by atoms with Crippen molar-refractivity contribution in [1.82, 2.24) is 4.57 Å². The van der Waals surface area contributed by atoms with Gasteiger partial charge >= 0.3 is 6.18 Å². The molecule has 122 valence electrons. The molecule has 1 aromatic heterocycles. The van der Waals surface area contributed by atoms with E-state index < -0.39 is 35.4 Å². The Bertz CT molecular complexity index is 803. The van der Waals surface area contributed by atoms with Crippen LogP contribution in [0.3, 0.4) is 0 Å². The van der Waals surface area contributed by atoms with Gasteiger partial charge in [0.25, 0.3) is 5.56 Å². The van der Waals surface area contributed by atoms with Gasteiger partial charge in [0.1, 0.15) is 11.6 Å². The molecule has 1 amide bonds. The van der Waals surface area contributed by atoms with Crippen LogP contribution in [0.2, 0.25) is 10.0 Å². The molecule has 0 unspecified atom stereocenters. The number of nitrogens with one attached hydrogen (secondary N) is 1. The minimum atomic E-state index is -4.61. The number of hydrogen-bond donors (Lipinski definition) is 1. The van der Waals surface area contributed by atoms with Crippen LogP contribution in [0.1, 0.15) is 5.56 Å². The van der Waals surface area contributed by atoms with Gasteiger partial charge in [0, 0.05) is 6.20 Å². The Balaban J connectivity index is 2.24. The molecule has 0 aliphatic rings. The number of amides is 1. The van der Waals surface area contributed by atoms with Crippen LogP contribution in [0, 0.1) is 0 Å². The number of para-hydroxylation sites is 1. The Morgan fingerprint density at radius 2 is 1.87 bits per heavy atom. The van der Waals surface area contributed by atoms with E-state index in [1.807, 2.05) is 0 Å². The molecule has 1 N–H and O–H groups in total. The molecular weight excluding hydrogens is 356 g/mol. The Kier molecular flexibility index (Phi) is 5.01. The van der Waals surface area contributed by atoms with E-state index in [4.69, 9.17) is 23.2 Å². The fraction of sp³-hybridized carbons (Fsp3) is 0.143. The summed E-state index contributed by atoms with van der Waals surface area (Å²) in [6, 6.07) is 5.73. The second-order valence-corrected chi connectivity index (χ2v) is 5.37. The van der Waals surface area contributed by atoms with Gasteiger partial charge in [-0.2, -0.15) is 13.2 Å². The van der Waals surface area contributed by atoms with Crippen LogP contribution in [0.5, 0.6) is 0 Å². The van der Waals surface area contributed by atoms with E-state index in [2.05, 4.69) is 5.32 Å². The zero-order chi connectivity index (χ0) is 17.2. The van der Waals surface area contributed by atoms with E-state index in [-0.39, 0.29) is 10.0 Å². The number of benzene rings is 1. The van der Waals surface area contributed by atoms with Crippen LogP contribution in [0.25, 0.3) is 0 Å². The quantitative estimate of drug-likeness (QED) is 0.899. The highest BCUT2D eigenvalue weighted by Crippen LogP contribution is 2.34. The monoisotopic (exact) mass is 364 g/mol. The first kappa shape index (κ1) is 17.4. The smallest absolute Gasteiger partial charge is 0.324 e. The van der Waals surface area contributed by atoms with Gasteiger partial charge in [0.2, 0.25) is 5.91 Å². The minimum absolute atomic E-state index is 0.123. The maximum atomic E-state index is 12.9. The second kappa shape index (κ2) is 6.64. The highest BCUT2D eigenvalue weighted by atomic mass is 35.5. The number of anilines is 1. The lowest BCUT2D eigenvalue weighted by Crippen LogP contribution is -2.28. The van der Waals surface area contributed by atoms with Crippen LogP contribution < -0.4 is 10.9 Å². The first-order chi connectivity index (χ1) is 10.7. The van der Waals surface area contributed by atoms with Crippen molar-refractivity contribution < 1.29 is 18.0 Å². The fourth-order valence-corrected chi connectivity index (χ4v) is 2.37. The third kappa shape index (κ3) is 4.27.